The van der Waals surface area contributed by atoms with Gasteiger partial charge in [0.2, 0.25) is 0 Å². The van der Waals surface area contributed by atoms with Crippen LogP contribution in [0.5, 0.6) is 0 Å². The summed E-state index contributed by atoms with van der Waals surface area (Å²) in [6, 6.07) is 8.54. The van der Waals surface area contributed by atoms with Gasteiger partial charge < -0.3 is 15.2 Å². The van der Waals surface area contributed by atoms with E-state index in [1.165, 1.54) is 16.6 Å². The highest BCUT2D eigenvalue weighted by molar-refractivity contribution is 5.93. The highest BCUT2D eigenvalue weighted by Gasteiger charge is 2.16. The van der Waals surface area contributed by atoms with Gasteiger partial charge in [0.1, 0.15) is 0 Å². The number of para-hydroxylation sites is 1. The average molecular weight is 259 g/mol. The van der Waals surface area contributed by atoms with Gasteiger partial charge in [-0.2, -0.15) is 0 Å². The van der Waals surface area contributed by atoms with Gasteiger partial charge in [0.25, 0.3) is 0 Å². The molecule has 19 heavy (non-hydrogen) atoms. The second kappa shape index (κ2) is 5.66. The van der Waals surface area contributed by atoms with Crippen molar-refractivity contribution in [1.82, 2.24) is 4.57 Å². The van der Waals surface area contributed by atoms with Crippen molar-refractivity contribution in [3.63, 3.8) is 0 Å². The zero-order valence-corrected chi connectivity index (χ0v) is 12.4. The van der Waals surface area contributed by atoms with Gasteiger partial charge in [-0.3, -0.25) is 0 Å². The van der Waals surface area contributed by atoms with Gasteiger partial charge in [0.15, 0.2) is 0 Å². The molecule has 0 aliphatic carbocycles. The van der Waals surface area contributed by atoms with Crippen LogP contribution in [0.4, 0.5) is 5.69 Å². The first kappa shape index (κ1) is 13.9. The maximum absolute atomic E-state index is 5.89. The molecule has 0 bridgehead atoms. The summed E-state index contributed by atoms with van der Waals surface area (Å²) in [5.41, 5.74) is 8.45. The number of hydrogen-bond acceptors (Lipinski definition) is 2. The molecule has 0 aliphatic heterocycles. The Hall–Kier alpha value is -1.48. The lowest BCUT2D eigenvalue weighted by atomic mass is 9.95. The van der Waals surface area contributed by atoms with E-state index in [2.05, 4.69) is 67.9 Å². The fraction of sp³-hybridized carbons (Fsp3) is 0.500. The first-order valence-electron chi connectivity index (χ1n) is 6.99. The van der Waals surface area contributed by atoms with Crippen LogP contribution in [0.25, 0.3) is 10.9 Å². The molecule has 3 nitrogen and oxygen atoms in total. The van der Waals surface area contributed by atoms with E-state index in [1.54, 1.807) is 0 Å². The normalized spacial score (nSPS) is 13.2. The number of benzene rings is 1. The van der Waals surface area contributed by atoms with Crippen LogP contribution in [0.2, 0.25) is 0 Å². The van der Waals surface area contributed by atoms with Crippen LogP contribution in [-0.4, -0.2) is 24.7 Å². The molecule has 0 aliphatic rings. The molecule has 1 heterocycles. The molecular weight excluding hydrogens is 234 g/mol. The minimum Gasteiger partial charge on any atom is -0.373 e. The Morgan fingerprint density at radius 3 is 2.58 bits per heavy atom. The van der Waals surface area contributed by atoms with Crippen LogP contribution in [0.1, 0.15) is 13.8 Å². The van der Waals surface area contributed by atoms with Gasteiger partial charge in [-0.15, -0.1) is 0 Å². The minimum atomic E-state index is 0.531. The zero-order chi connectivity index (χ0) is 14.0. The van der Waals surface area contributed by atoms with Crippen LogP contribution in [-0.2, 0) is 7.05 Å². The molecule has 2 aromatic rings. The Balaban J connectivity index is 2.29. The van der Waals surface area contributed by atoms with E-state index in [-0.39, 0.29) is 0 Å². The summed E-state index contributed by atoms with van der Waals surface area (Å²) in [5.74, 6) is 1.14. The fourth-order valence-corrected chi connectivity index (χ4v) is 2.63. The van der Waals surface area contributed by atoms with E-state index in [1.807, 2.05) is 0 Å². The molecule has 2 rings (SSSR count). The van der Waals surface area contributed by atoms with E-state index in [9.17, 15) is 0 Å². The lowest BCUT2D eigenvalue weighted by Crippen LogP contribution is -2.33. The largest absolute Gasteiger partial charge is 0.373 e. The predicted molar refractivity (Wildman–Crippen MR) is 83.6 cm³/mol. The summed E-state index contributed by atoms with van der Waals surface area (Å²) in [6.45, 7) is 6.23. The first-order valence-corrected chi connectivity index (χ1v) is 6.99. The van der Waals surface area contributed by atoms with Crippen molar-refractivity contribution in [2.45, 2.75) is 13.8 Å². The van der Waals surface area contributed by atoms with E-state index < -0.39 is 0 Å². The van der Waals surface area contributed by atoms with Gasteiger partial charge in [0, 0.05) is 37.7 Å². The quantitative estimate of drug-likeness (QED) is 0.896. The molecule has 0 saturated heterocycles. The molecule has 1 atom stereocenters. The summed E-state index contributed by atoms with van der Waals surface area (Å²) in [6.07, 6.45) is 2.21. The monoisotopic (exact) mass is 259 g/mol. The molecule has 1 aromatic heterocycles. The van der Waals surface area contributed by atoms with Crippen LogP contribution in [0, 0.1) is 11.8 Å². The third-order valence-electron chi connectivity index (χ3n) is 4.04. The summed E-state index contributed by atoms with van der Waals surface area (Å²) >= 11 is 0. The van der Waals surface area contributed by atoms with Crippen molar-refractivity contribution >= 4 is 16.6 Å². The van der Waals surface area contributed by atoms with Crippen molar-refractivity contribution in [2.24, 2.45) is 24.6 Å². The van der Waals surface area contributed by atoms with Crippen LogP contribution in [0.15, 0.2) is 30.5 Å². The second-order valence-electron chi connectivity index (χ2n) is 5.76. The predicted octanol–water partition coefficient (Wildman–Crippen LogP) is 2.85. The molecule has 104 valence electrons. The maximum Gasteiger partial charge on any atom is 0.0623 e. The highest BCUT2D eigenvalue weighted by Crippen LogP contribution is 2.28. The maximum atomic E-state index is 5.89. The number of nitrogens with zero attached hydrogens (tertiary/aromatic N) is 2. The van der Waals surface area contributed by atoms with Crippen LogP contribution in [0.3, 0.4) is 0 Å². The van der Waals surface area contributed by atoms with Crippen molar-refractivity contribution in [2.75, 3.05) is 25.0 Å². The standard InChI is InChI=1S/C16H25N3/c1-12(2)13(9-17)10-18(3)16-11-19(4)15-8-6-5-7-14(15)16/h5-8,11-13H,9-10,17H2,1-4H3. The fourth-order valence-electron chi connectivity index (χ4n) is 2.63. The van der Waals surface area contributed by atoms with Gasteiger partial charge in [-0.25, -0.2) is 0 Å². The summed E-state index contributed by atoms with van der Waals surface area (Å²) in [7, 11) is 4.26. The molecular formula is C16H25N3. The van der Waals surface area contributed by atoms with E-state index in [0.29, 0.717) is 11.8 Å². The van der Waals surface area contributed by atoms with Crippen molar-refractivity contribution < 1.29 is 0 Å². The van der Waals surface area contributed by atoms with Gasteiger partial charge in [0.05, 0.1) is 5.69 Å². The number of nitrogens with two attached hydrogens (primary N) is 1. The number of anilines is 1. The van der Waals surface area contributed by atoms with Gasteiger partial charge >= 0.3 is 0 Å². The Labute approximate surface area is 116 Å². The smallest absolute Gasteiger partial charge is 0.0623 e. The highest BCUT2D eigenvalue weighted by atomic mass is 15.1. The molecule has 1 aromatic carbocycles. The molecule has 0 radical (unpaired) electrons. The molecule has 0 amide bonds. The van der Waals surface area contributed by atoms with Crippen molar-refractivity contribution in [1.29, 1.82) is 0 Å². The van der Waals surface area contributed by atoms with E-state index in [0.717, 1.165) is 13.1 Å². The third kappa shape index (κ3) is 2.76. The average Bonchev–Trinajstić information content (AvgIpc) is 2.73. The number of aromatic nitrogens is 1. The Bertz CT molecular complexity index is 542. The van der Waals surface area contributed by atoms with Crippen LogP contribution < -0.4 is 10.6 Å². The lowest BCUT2D eigenvalue weighted by Gasteiger charge is -2.27. The number of aryl methyl sites for hydroxylation is 1. The van der Waals surface area contributed by atoms with Crippen LogP contribution >= 0.6 is 0 Å². The van der Waals surface area contributed by atoms with Crippen molar-refractivity contribution in [3.8, 4) is 0 Å². The number of hydrogen-bond donors (Lipinski definition) is 1. The van der Waals surface area contributed by atoms with Gasteiger partial charge in [-0.05, 0) is 24.4 Å². The van der Waals surface area contributed by atoms with Crippen molar-refractivity contribution in [3.05, 3.63) is 30.5 Å². The Kier molecular flexibility index (Phi) is 4.15. The Morgan fingerprint density at radius 2 is 1.95 bits per heavy atom. The van der Waals surface area contributed by atoms with Gasteiger partial charge in [-0.1, -0.05) is 32.0 Å². The summed E-state index contributed by atoms with van der Waals surface area (Å²) in [5, 5.41) is 1.31. The molecule has 0 spiro atoms. The molecule has 0 fully saturated rings. The number of fused-ring (bicyclic) bond motifs is 1. The SMILES string of the molecule is CC(C)C(CN)CN(C)c1cn(C)c2ccccc12. The summed E-state index contributed by atoms with van der Waals surface area (Å²) in [4.78, 5) is 2.33. The topological polar surface area (TPSA) is 34.2 Å². The number of rotatable bonds is 5. The lowest BCUT2D eigenvalue weighted by molar-refractivity contribution is 0.398. The molecule has 2 N–H and O–H groups in total. The molecule has 1 unspecified atom stereocenters. The second-order valence-corrected chi connectivity index (χ2v) is 5.76. The van der Waals surface area contributed by atoms with E-state index >= 15 is 0 Å². The third-order valence-corrected chi connectivity index (χ3v) is 4.04. The minimum absolute atomic E-state index is 0.531. The zero-order valence-electron chi connectivity index (χ0n) is 12.4. The summed E-state index contributed by atoms with van der Waals surface area (Å²) < 4.78 is 2.19. The molecule has 0 saturated carbocycles. The molecule has 3 heteroatoms. The van der Waals surface area contributed by atoms with E-state index in [4.69, 9.17) is 5.73 Å². The Morgan fingerprint density at radius 1 is 1.26 bits per heavy atom. The first-order chi connectivity index (χ1) is 9.04.